The minimum absolute atomic E-state index is 0.0489. The summed E-state index contributed by atoms with van der Waals surface area (Å²) in [5.74, 6) is -0.239. The standard InChI is InChI=1S/C22H38O4Si/c1-8-16-19(20(24)25-5)17-12-13-18(23)22(16,17)14-10-9-11-15-26-27(6,7)21(2,3)4/h8,10,14,16-19,23H,1,9,11-13,15H2,2-7H3/b14-10+/t16-,17-,18-,19+,22?/m0/s1. The van der Waals surface area contributed by atoms with Gasteiger partial charge in [0.2, 0.25) is 0 Å². The summed E-state index contributed by atoms with van der Waals surface area (Å²) >= 11 is 0. The van der Waals surface area contributed by atoms with Crippen molar-refractivity contribution in [2.24, 2.45) is 23.2 Å². The first kappa shape index (κ1) is 22.4. The van der Waals surface area contributed by atoms with E-state index in [2.05, 4.69) is 52.6 Å². The summed E-state index contributed by atoms with van der Waals surface area (Å²) in [5.41, 5.74) is -0.346. The van der Waals surface area contributed by atoms with Gasteiger partial charge in [0.05, 0.1) is 19.1 Å². The van der Waals surface area contributed by atoms with E-state index in [9.17, 15) is 9.90 Å². The normalized spacial score (nSPS) is 33.6. The Balaban J connectivity index is 1.95. The summed E-state index contributed by atoms with van der Waals surface area (Å²) in [4.78, 5) is 12.2. The molecule has 154 valence electrons. The van der Waals surface area contributed by atoms with E-state index in [1.807, 2.05) is 6.08 Å². The monoisotopic (exact) mass is 394 g/mol. The SMILES string of the molecule is C=C[C@H]1[C@@H](C(=O)OC)[C@@H]2CC[C@H](O)C12/C=C/CCCO[Si](C)(C)C(C)(C)C. The first-order valence-electron chi connectivity index (χ1n) is 10.2. The number of hydrogen-bond acceptors (Lipinski definition) is 4. The molecule has 0 saturated heterocycles. The summed E-state index contributed by atoms with van der Waals surface area (Å²) < 4.78 is 11.2. The molecule has 0 heterocycles. The van der Waals surface area contributed by atoms with Crippen molar-refractivity contribution in [1.29, 1.82) is 0 Å². The quantitative estimate of drug-likeness (QED) is 0.280. The van der Waals surface area contributed by atoms with Gasteiger partial charge < -0.3 is 14.3 Å². The van der Waals surface area contributed by atoms with Crippen LogP contribution in [0.1, 0.15) is 46.5 Å². The predicted molar refractivity (Wildman–Crippen MR) is 112 cm³/mol. The number of methoxy groups -OCH3 is 1. The Labute approximate surface area is 166 Å². The third-order valence-corrected chi connectivity index (χ3v) is 11.8. The molecule has 27 heavy (non-hydrogen) atoms. The van der Waals surface area contributed by atoms with Crippen molar-refractivity contribution in [3.8, 4) is 0 Å². The molecule has 0 aromatic rings. The topological polar surface area (TPSA) is 55.8 Å². The van der Waals surface area contributed by atoms with Crippen molar-refractivity contribution in [3.63, 3.8) is 0 Å². The molecular weight excluding hydrogens is 356 g/mol. The van der Waals surface area contributed by atoms with Crippen molar-refractivity contribution < 1.29 is 19.1 Å². The van der Waals surface area contributed by atoms with Crippen molar-refractivity contribution in [2.75, 3.05) is 13.7 Å². The zero-order valence-corrected chi connectivity index (χ0v) is 19.0. The van der Waals surface area contributed by atoms with Gasteiger partial charge in [-0.1, -0.05) is 39.0 Å². The zero-order chi connectivity index (χ0) is 20.5. The van der Waals surface area contributed by atoms with Crippen molar-refractivity contribution >= 4 is 14.3 Å². The van der Waals surface area contributed by atoms with Gasteiger partial charge in [-0.3, -0.25) is 4.79 Å². The van der Waals surface area contributed by atoms with Gasteiger partial charge in [-0.2, -0.15) is 0 Å². The number of carbonyl (C=O) groups is 1. The van der Waals surface area contributed by atoms with Crippen LogP contribution in [0.5, 0.6) is 0 Å². The van der Waals surface area contributed by atoms with Crippen LogP contribution in [-0.2, 0) is 14.0 Å². The molecule has 5 atom stereocenters. The Morgan fingerprint density at radius 3 is 2.56 bits per heavy atom. The molecule has 1 N–H and O–H groups in total. The van der Waals surface area contributed by atoms with Crippen LogP contribution in [-0.4, -0.2) is 39.2 Å². The van der Waals surface area contributed by atoms with E-state index in [4.69, 9.17) is 9.16 Å². The van der Waals surface area contributed by atoms with E-state index >= 15 is 0 Å². The molecular formula is C22H38O4Si. The van der Waals surface area contributed by atoms with Crippen LogP contribution in [0.25, 0.3) is 0 Å². The van der Waals surface area contributed by atoms with E-state index in [1.54, 1.807) is 0 Å². The minimum atomic E-state index is -1.69. The maximum Gasteiger partial charge on any atom is 0.309 e. The minimum Gasteiger partial charge on any atom is -0.469 e. The highest BCUT2D eigenvalue weighted by molar-refractivity contribution is 6.74. The molecule has 0 radical (unpaired) electrons. The van der Waals surface area contributed by atoms with Gasteiger partial charge in [0.15, 0.2) is 8.32 Å². The summed E-state index contributed by atoms with van der Waals surface area (Å²) in [6, 6.07) is 0. The third kappa shape index (κ3) is 3.96. The molecule has 0 bridgehead atoms. The molecule has 2 saturated carbocycles. The number of aliphatic hydroxyl groups is 1. The fourth-order valence-corrected chi connectivity index (χ4v) is 5.75. The molecule has 0 aromatic heterocycles. The Morgan fingerprint density at radius 2 is 2.00 bits per heavy atom. The Hall–Kier alpha value is -0.913. The largest absolute Gasteiger partial charge is 0.469 e. The van der Waals surface area contributed by atoms with Crippen LogP contribution in [0.4, 0.5) is 0 Å². The predicted octanol–water partition coefficient (Wildman–Crippen LogP) is 4.71. The van der Waals surface area contributed by atoms with Crippen LogP contribution < -0.4 is 0 Å². The van der Waals surface area contributed by atoms with E-state index in [0.29, 0.717) is 0 Å². The fourth-order valence-electron chi connectivity index (χ4n) is 4.66. The number of aliphatic hydroxyl groups excluding tert-OH is 1. The molecule has 0 amide bonds. The summed E-state index contributed by atoms with van der Waals surface area (Å²) in [6.45, 7) is 16.0. The Morgan fingerprint density at radius 1 is 1.33 bits per heavy atom. The van der Waals surface area contributed by atoms with Crippen molar-refractivity contribution in [3.05, 3.63) is 24.8 Å². The lowest BCUT2D eigenvalue weighted by atomic mass is 9.47. The van der Waals surface area contributed by atoms with Gasteiger partial charge in [0.25, 0.3) is 0 Å². The van der Waals surface area contributed by atoms with Crippen LogP contribution in [0.2, 0.25) is 18.1 Å². The number of unbranched alkanes of at least 4 members (excludes halogenated alkanes) is 1. The molecule has 0 aliphatic heterocycles. The highest BCUT2D eigenvalue weighted by atomic mass is 28.4. The maximum atomic E-state index is 12.2. The van der Waals surface area contributed by atoms with E-state index < -0.39 is 14.4 Å². The third-order valence-electron chi connectivity index (χ3n) is 7.29. The second-order valence-electron chi connectivity index (χ2n) is 9.66. The number of rotatable bonds is 8. The molecule has 2 aliphatic carbocycles. The number of ether oxygens (including phenoxy) is 1. The summed E-state index contributed by atoms with van der Waals surface area (Å²) in [7, 11) is -0.251. The molecule has 1 unspecified atom stereocenters. The van der Waals surface area contributed by atoms with Crippen molar-refractivity contribution in [1.82, 2.24) is 0 Å². The number of carbonyl (C=O) groups excluding carboxylic acids is 1. The first-order chi connectivity index (χ1) is 12.5. The number of hydrogen-bond donors (Lipinski definition) is 1. The smallest absolute Gasteiger partial charge is 0.309 e. The lowest BCUT2D eigenvalue weighted by Gasteiger charge is -2.56. The molecule has 2 fully saturated rings. The Kier molecular flexibility index (Phi) is 6.81. The summed E-state index contributed by atoms with van der Waals surface area (Å²) in [5, 5.41) is 10.9. The van der Waals surface area contributed by atoms with Gasteiger partial charge in [-0.25, -0.2) is 0 Å². The van der Waals surface area contributed by atoms with E-state index in [1.165, 1.54) is 7.11 Å². The van der Waals surface area contributed by atoms with Crippen molar-refractivity contribution in [2.45, 2.75) is 70.7 Å². The van der Waals surface area contributed by atoms with Gasteiger partial charge in [0.1, 0.15) is 0 Å². The second-order valence-corrected chi connectivity index (χ2v) is 14.5. The lowest BCUT2D eigenvalue weighted by molar-refractivity contribution is -0.170. The summed E-state index contributed by atoms with van der Waals surface area (Å²) in [6.07, 6.45) is 9.24. The molecule has 2 aliphatic rings. The molecule has 0 aromatic carbocycles. The van der Waals surface area contributed by atoms with E-state index in [0.717, 1.165) is 32.3 Å². The molecule has 0 spiro atoms. The highest BCUT2D eigenvalue weighted by Crippen LogP contribution is 2.66. The van der Waals surface area contributed by atoms with Crippen LogP contribution in [0.15, 0.2) is 24.8 Å². The van der Waals surface area contributed by atoms with Crippen LogP contribution in [0, 0.1) is 23.2 Å². The zero-order valence-electron chi connectivity index (χ0n) is 18.0. The van der Waals surface area contributed by atoms with Gasteiger partial charge in [0, 0.05) is 17.9 Å². The van der Waals surface area contributed by atoms with Crippen LogP contribution in [0.3, 0.4) is 0 Å². The fraction of sp³-hybridized carbons (Fsp3) is 0.773. The molecule has 5 heteroatoms. The number of esters is 1. The van der Waals surface area contributed by atoms with Gasteiger partial charge in [-0.15, -0.1) is 6.58 Å². The first-order valence-corrected chi connectivity index (χ1v) is 13.1. The molecule has 4 nitrogen and oxygen atoms in total. The average Bonchev–Trinajstić information content (AvgIpc) is 2.83. The number of fused-ring (bicyclic) bond motifs is 1. The second kappa shape index (κ2) is 8.22. The molecule has 2 rings (SSSR count). The maximum absolute atomic E-state index is 12.2. The van der Waals surface area contributed by atoms with E-state index in [-0.39, 0.29) is 34.2 Å². The average molecular weight is 395 g/mol. The number of allylic oxidation sites excluding steroid dienone is 2. The van der Waals surface area contributed by atoms with Gasteiger partial charge in [-0.05, 0) is 49.7 Å². The lowest BCUT2D eigenvalue weighted by Crippen LogP contribution is -2.59. The highest BCUT2D eigenvalue weighted by Gasteiger charge is 2.67. The van der Waals surface area contributed by atoms with Gasteiger partial charge >= 0.3 is 5.97 Å². The van der Waals surface area contributed by atoms with Crippen LogP contribution >= 0.6 is 0 Å². The Bertz CT molecular complexity index is 577.